The molecule has 4 nitrogen and oxygen atoms in total. The Bertz CT molecular complexity index is 912. The van der Waals surface area contributed by atoms with Gasteiger partial charge in [0.05, 0.1) is 13.0 Å². The van der Waals surface area contributed by atoms with Crippen LogP contribution in [0, 0.1) is 6.92 Å². The van der Waals surface area contributed by atoms with Crippen molar-refractivity contribution in [1.29, 1.82) is 0 Å². The summed E-state index contributed by atoms with van der Waals surface area (Å²) in [5.74, 6) is 0.817. The Morgan fingerprint density at radius 3 is 2.53 bits per heavy atom. The van der Waals surface area contributed by atoms with Crippen molar-refractivity contribution >= 4 is 11.5 Å². The zero-order valence-electron chi connectivity index (χ0n) is 20.0. The standard InChI is InChI=1S/C28H37NO3/c1-22-21-25(31-20-8-11-23-9-6-5-7-10-23)12-13-26(22)24-14-17-29(18-15-24)19-16-27(30)32-28(2,3)4/h5-7,9-10,12-14,21H,8,11,15-20H2,1-4H3. The van der Waals surface area contributed by atoms with E-state index in [1.807, 2.05) is 26.8 Å². The van der Waals surface area contributed by atoms with Crippen LogP contribution in [0.4, 0.5) is 0 Å². The van der Waals surface area contributed by atoms with Crippen LogP contribution >= 0.6 is 0 Å². The van der Waals surface area contributed by atoms with E-state index in [-0.39, 0.29) is 5.97 Å². The van der Waals surface area contributed by atoms with E-state index in [9.17, 15) is 4.79 Å². The predicted molar refractivity (Wildman–Crippen MR) is 131 cm³/mol. The molecule has 0 spiro atoms. The van der Waals surface area contributed by atoms with Gasteiger partial charge in [-0.1, -0.05) is 42.5 Å². The first kappa shape index (κ1) is 24.1. The molecule has 1 heterocycles. The molecule has 0 aromatic heterocycles. The largest absolute Gasteiger partial charge is 0.494 e. The highest BCUT2D eigenvalue weighted by molar-refractivity contribution is 5.71. The molecule has 4 heteroatoms. The number of rotatable bonds is 9. The maximum Gasteiger partial charge on any atom is 0.307 e. The number of ether oxygens (including phenoxy) is 2. The molecule has 172 valence electrons. The van der Waals surface area contributed by atoms with E-state index >= 15 is 0 Å². The van der Waals surface area contributed by atoms with Crippen molar-refractivity contribution in [1.82, 2.24) is 4.90 Å². The average molecular weight is 436 g/mol. The lowest BCUT2D eigenvalue weighted by Crippen LogP contribution is -2.32. The number of hydrogen-bond acceptors (Lipinski definition) is 4. The summed E-state index contributed by atoms with van der Waals surface area (Å²) in [7, 11) is 0. The Morgan fingerprint density at radius 1 is 1.09 bits per heavy atom. The van der Waals surface area contributed by atoms with Gasteiger partial charge in [0.25, 0.3) is 0 Å². The molecule has 0 atom stereocenters. The summed E-state index contributed by atoms with van der Waals surface area (Å²) in [5, 5.41) is 0. The van der Waals surface area contributed by atoms with Crippen LogP contribution in [0.1, 0.15) is 56.7 Å². The maximum absolute atomic E-state index is 12.0. The summed E-state index contributed by atoms with van der Waals surface area (Å²) in [6.07, 6.45) is 5.77. The minimum atomic E-state index is -0.415. The molecule has 0 aliphatic carbocycles. The molecule has 0 radical (unpaired) electrons. The van der Waals surface area contributed by atoms with Gasteiger partial charge in [0.15, 0.2) is 0 Å². The number of benzene rings is 2. The van der Waals surface area contributed by atoms with Gasteiger partial charge in [0, 0.05) is 19.6 Å². The summed E-state index contributed by atoms with van der Waals surface area (Å²) in [6.45, 7) is 11.2. The summed E-state index contributed by atoms with van der Waals surface area (Å²) in [4.78, 5) is 14.3. The van der Waals surface area contributed by atoms with Crippen molar-refractivity contribution in [2.24, 2.45) is 0 Å². The smallest absolute Gasteiger partial charge is 0.307 e. The topological polar surface area (TPSA) is 38.8 Å². The van der Waals surface area contributed by atoms with Gasteiger partial charge in [-0.2, -0.15) is 0 Å². The lowest BCUT2D eigenvalue weighted by atomic mass is 9.95. The van der Waals surface area contributed by atoms with Gasteiger partial charge in [0.2, 0.25) is 0 Å². The van der Waals surface area contributed by atoms with E-state index in [1.165, 1.54) is 22.3 Å². The van der Waals surface area contributed by atoms with Crippen molar-refractivity contribution in [3.8, 4) is 5.75 Å². The number of aryl methyl sites for hydroxylation is 2. The minimum Gasteiger partial charge on any atom is -0.494 e. The second-order valence-corrected chi connectivity index (χ2v) is 9.53. The molecule has 1 aliphatic rings. The van der Waals surface area contributed by atoms with E-state index in [0.717, 1.165) is 51.3 Å². The highest BCUT2D eigenvalue weighted by atomic mass is 16.6. The number of carbonyl (C=O) groups excluding carboxylic acids is 1. The molecule has 2 aromatic carbocycles. The minimum absolute atomic E-state index is 0.123. The Labute approximate surface area is 193 Å². The van der Waals surface area contributed by atoms with Gasteiger partial charge in [-0.3, -0.25) is 9.69 Å². The van der Waals surface area contributed by atoms with Gasteiger partial charge in [-0.15, -0.1) is 0 Å². The van der Waals surface area contributed by atoms with E-state index in [0.29, 0.717) is 6.42 Å². The van der Waals surface area contributed by atoms with E-state index < -0.39 is 5.60 Å². The molecule has 0 unspecified atom stereocenters. The van der Waals surface area contributed by atoms with Crippen molar-refractivity contribution in [2.45, 2.75) is 59.0 Å². The maximum atomic E-state index is 12.0. The van der Waals surface area contributed by atoms with Crippen LogP contribution < -0.4 is 4.74 Å². The molecule has 0 saturated carbocycles. The Hall–Kier alpha value is -2.59. The van der Waals surface area contributed by atoms with Crippen LogP contribution in [0.5, 0.6) is 5.75 Å². The van der Waals surface area contributed by atoms with Gasteiger partial charge in [-0.05, 0) is 81.4 Å². The molecule has 0 saturated heterocycles. The van der Waals surface area contributed by atoms with E-state index in [2.05, 4.69) is 60.4 Å². The fraction of sp³-hybridized carbons (Fsp3) is 0.464. The molecular formula is C28H37NO3. The quantitative estimate of drug-likeness (QED) is 0.367. The van der Waals surface area contributed by atoms with Crippen molar-refractivity contribution < 1.29 is 14.3 Å². The van der Waals surface area contributed by atoms with Crippen LogP contribution in [-0.2, 0) is 16.0 Å². The van der Waals surface area contributed by atoms with Gasteiger partial charge in [0.1, 0.15) is 11.4 Å². The first-order chi connectivity index (χ1) is 15.3. The summed E-state index contributed by atoms with van der Waals surface area (Å²) in [5.41, 5.74) is 4.87. The van der Waals surface area contributed by atoms with Crippen molar-refractivity contribution in [2.75, 3.05) is 26.2 Å². The number of hydrogen-bond donors (Lipinski definition) is 0. The lowest BCUT2D eigenvalue weighted by molar-refractivity contribution is -0.155. The van der Waals surface area contributed by atoms with Gasteiger partial charge in [-0.25, -0.2) is 0 Å². The molecule has 0 amide bonds. The molecule has 0 N–H and O–H groups in total. The predicted octanol–water partition coefficient (Wildman–Crippen LogP) is 5.83. The molecule has 2 aromatic rings. The summed E-state index contributed by atoms with van der Waals surface area (Å²) >= 11 is 0. The first-order valence-electron chi connectivity index (χ1n) is 11.7. The monoisotopic (exact) mass is 435 g/mol. The van der Waals surface area contributed by atoms with Crippen LogP contribution in [0.2, 0.25) is 0 Å². The number of esters is 1. The lowest BCUT2D eigenvalue weighted by Gasteiger charge is -2.27. The Balaban J connectivity index is 1.45. The van der Waals surface area contributed by atoms with E-state index in [4.69, 9.17) is 9.47 Å². The molecule has 1 aliphatic heterocycles. The van der Waals surface area contributed by atoms with Gasteiger partial charge < -0.3 is 9.47 Å². The van der Waals surface area contributed by atoms with Crippen LogP contribution in [0.25, 0.3) is 5.57 Å². The second-order valence-electron chi connectivity index (χ2n) is 9.53. The summed E-state index contributed by atoms with van der Waals surface area (Å²) in [6, 6.07) is 17.0. The highest BCUT2D eigenvalue weighted by Crippen LogP contribution is 2.28. The normalized spacial score (nSPS) is 14.7. The highest BCUT2D eigenvalue weighted by Gasteiger charge is 2.19. The molecule has 0 fully saturated rings. The first-order valence-corrected chi connectivity index (χ1v) is 11.7. The molecule has 32 heavy (non-hydrogen) atoms. The van der Waals surface area contributed by atoms with Crippen molar-refractivity contribution in [3.63, 3.8) is 0 Å². The van der Waals surface area contributed by atoms with Crippen molar-refractivity contribution in [3.05, 3.63) is 71.3 Å². The zero-order chi connectivity index (χ0) is 23.0. The zero-order valence-corrected chi connectivity index (χ0v) is 20.0. The van der Waals surface area contributed by atoms with Crippen LogP contribution in [0.15, 0.2) is 54.6 Å². The fourth-order valence-corrected chi connectivity index (χ4v) is 4.00. The molecule has 0 bridgehead atoms. The fourth-order valence-electron chi connectivity index (χ4n) is 4.00. The number of nitrogens with zero attached hydrogens (tertiary/aromatic N) is 1. The molecule has 3 rings (SSSR count). The Morgan fingerprint density at radius 2 is 1.88 bits per heavy atom. The SMILES string of the molecule is Cc1cc(OCCCc2ccccc2)ccc1C1=CCN(CCC(=O)OC(C)(C)C)CC1. The Kier molecular flexibility index (Phi) is 8.52. The second kappa shape index (κ2) is 11.3. The third kappa shape index (κ3) is 7.83. The van der Waals surface area contributed by atoms with Crippen LogP contribution in [-0.4, -0.2) is 42.7 Å². The number of carbonyl (C=O) groups is 1. The summed E-state index contributed by atoms with van der Waals surface area (Å²) < 4.78 is 11.4. The molecular weight excluding hydrogens is 398 g/mol. The third-order valence-corrected chi connectivity index (χ3v) is 5.61. The third-order valence-electron chi connectivity index (χ3n) is 5.61. The van der Waals surface area contributed by atoms with Gasteiger partial charge >= 0.3 is 5.97 Å². The average Bonchev–Trinajstić information content (AvgIpc) is 2.75. The van der Waals surface area contributed by atoms with Crippen LogP contribution in [0.3, 0.4) is 0 Å². The van der Waals surface area contributed by atoms with E-state index in [1.54, 1.807) is 0 Å².